The number of amides is 1. The van der Waals surface area contributed by atoms with E-state index in [1.165, 1.54) is 12.1 Å². The fourth-order valence-corrected chi connectivity index (χ4v) is 2.34. The van der Waals surface area contributed by atoms with E-state index in [4.69, 9.17) is 0 Å². The second-order valence-corrected chi connectivity index (χ2v) is 5.00. The Morgan fingerprint density at radius 2 is 2.25 bits per heavy atom. The fraction of sp³-hybridized carbons (Fsp3) is 0.500. The average molecular weight is 277 g/mol. The first-order valence-electron chi connectivity index (χ1n) is 6.91. The second kappa shape index (κ2) is 7.00. The summed E-state index contributed by atoms with van der Waals surface area (Å²) in [5, 5.41) is 16.8. The molecule has 6 heteroatoms. The quantitative estimate of drug-likeness (QED) is 0.648. The Labute approximate surface area is 117 Å². The van der Waals surface area contributed by atoms with Crippen molar-refractivity contribution in [2.45, 2.75) is 38.3 Å². The van der Waals surface area contributed by atoms with Crippen LogP contribution in [-0.4, -0.2) is 23.4 Å². The van der Waals surface area contributed by atoms with Crippen molar-refractivity contribution in [1.29, 1.82) is 0 Å². The number of carbonyl (C=O) groups excluding carboxylic acids is 1. The Hall–Kier alpha value is -1.95. The van der Waals surface area contributed by atoms with Crippen LogP contribution in [0.3, 0.4) is 0 Å². The monoisotopic (exact) mass is 277 g/mol. The summed E-state index contributed by atoms with van der Waals surface area (Å²) >= 11 is 0. The molecule has 0 aromatic heterocycles. The predicted molar refractivity (Wildman–Crippen MR) is 75.2 cm³/mol. The molecule has 0 saturated carbocycles. The van der Waals surface area contributed by atoms with Crippen LogP contribution in [0.15, 0.2) is 24.3 Å². The third kappa shape index (κ3) is 4.03. The van der Waals surface area contributed by atoms with Crippen molar-refractivity contribution in [3.8, 4) is 0 Å². The van der Waals surface area contributed by atoms with Crippen molar-refractivity contribution in [2.75, 3.05) is 6.54 Å². The molecule has 1 aliphatic rings. The van der Waals surface area contributed by atoms with Crippen LogP contribution in [0.5, 0.6) is 0 Å². The number of nitrogens with zero attached hydrogens (tertiary/aromatic N) is 1. The second-order valence-electron chi connectivity index (χ2n) is 5.00. The zero-order valence-corrected chi connectivity index (χ0v) is 11.3. The maximum atomic E-state index is 12.0. The van der Waals surface area contributed by atoms with E-state index in [-0.39, 0.29) is 17.6 Å². The van der Waals surface area contributed by atoms with Crippen molar-refractivity contribution in [3.05, 3.63) is 39.9 Å². The first-order chi connectivity index (χ1) is 9.66. The molecule has 20 heavy (non-hydrogen) atoms. The van der Waals surface area contributed by atoms with Gasteiger partial charge in [0, 0.05) is 18.7 Å². The van der Waals surface area contributed by atoms with Crippen molar-refractivity contribution in [2.24, 2.45) is 0 Å². The highest BCUT2D eigenvalue weighted by molar-refractivity contribution is 5.81. The lowest BCUT2D eigenvalue weighted by Crippen LogP contribution is -2.43. The van der Waals surface area contributed by atoms with Crippen LogP contribution in [0.4, 0.5) is 5.69 Å². The Bertz CT molecular complexity index is 482. The summed E-state index contributed by atoms with van der Waals surface area (Å²) in [6.07, 6.45) is 4.17. The highest BCUT2D eigenvalue weighted by Gasteiger charge is 2.19. The zero-order chi connectivity index (χ0) is 14.4. The van der Waals surface area contributed by atoms with Gasteiger partial charge < -0.3 is 10.6 Å². The number of rotatable bonds is 4. The van der Waals surface area contributed by atoms with E-state index in [0.29, 0.717) is 6.54 Å². The average Bonchev–Trinajstić information content (AvgIpc) is 2.74. The molecule has 1 saturated heterocycles. The highest BCUT2D eigenvalue weighted by atomic mass is 16.6. The number of carbonyl (C=O) groups is 1. The molecule has 1 aromatic rings. The maximum absolute atomic E-state index is 12.0. The van der Waals surface area contributed by atoms with Gasteiger partial charge in [0.1, 0.15) is 0 Å². The molecule has 1 amide bonds. The molecule has 2 N–H and O–H groups in total. The van der Waals surface area contributed by atoms with Crippen LogP contribution >= 0.6 is 0 Å². The minimum absolute atomic E-state index is 0.0293. The fourth-order valence-electron chi connectivity index (χ4n) is 2.34. The Morgan fingerprint density at radius 3 is 3.05 bits per heavy atom. The van der Waals surface area contributed by atoms with Crippen LogP contribution in [0, 0.1) is 10.1 Å². The number of hydrogen-bond donors (Lipinski definition) is 2. The van der Waals surface area contributed by atoms with Gasteiger partial charge in [-0.3, -0.25) is 14.9 Å². The third-order valence-electron chi connectivity index (χ3n) is 3.46. The first-order valence-corrected chi connectivity index (χ1v) is 6.91. The molecule has 108 valence electrons. The van der Waals surface area contributed by atoms with Crippen LogP contribution in [0.25, 0.3) is 0 Å². The van der Waals surface area contributed by atoms with E-state index in [0.717, 1.165) is 37.8 Å². The van der Waals surface area contributed by atoms with Crippen molar-refractivity contribution in [3.63, 3.8) is 0 Å². The van der Waals surface area contributed by atoms with Gasteiger partial charge in [0.05, 0.1) is 11.0 Å². The molecule has 0 aliphatic carbocycles. The van der Waals surface area contributed by atoms with E-state index in [1.54, 1.807) is 12.1 Å². The van der Waals surface area contributed by atoms with Gasteiger partial charge in [-0.25, -0.2) is 0 Å². The van der Waals surface area contributed by atoms with Crippen LogP contribution in [-0.2, 0) is 11.3 Å². The van der Waals surface area contributed by atoms with E-state index in [9.17, 15) is 14.9 Å². The van der Waals surface area contributed by atoms with Gasteiger partial charge in [-0.2, -0.15) is 0 Å². The number of nitro benzene ring substituents is 1. The number of non-ortho nitro benzene ring substituents is 1. The molecule has 0 radical (unpaired) electrons. The molecule has 1 atom stereocenters. The summed E-state index contributed by atoms with van der Waals surface area (Å²) < 4.78 is 0. The zero-order valence-electron chi connectivity index (χ0n) is 11.3. The smallest absolute Gasteiger partial charge is 0.269 e. The van der Waals surface area contributed by atoms with Gasteiger partial charge in [-0.1, -0.05) is 25.0 Å². The number of benzene rings is 1. The van der Waals surface area contributed by atoms with Crippen molar-refractivity contribution >= 4 is 11.6 Å². The van der Waals surface area contributed by atoms with Gasteiger partial charge in [0.2, 0.25) is 5.91 Å². The van der Waals surface area contributed by atoms with Crippen LogP contribution in [0.2, 0.25) is 0 Å². The third-order valence-corrected chi connectivity index (χ3v) is 3.46. The standard InChI is InChI=1S/C14H19N3O3/c18-14(13-7-2-1-3-8-15-13)16-10-11-5-4-6-12(9-11)17(19)20/h4-6,9,13,15H,1-3,7-8,10H2,(H,16,18). The number of nitro groups is 1. The summed E-state index contributed by atoms with van der Waals surface area (Å²) in [7, 11) is 0. The van der Waals surface area contributed by atoms with Crippen LogP contribution < -0.4 is 10.6 Å². The molecule has 1 unspecified atom stereocenters. The largest absolute Gasteiger partial charge is 0.351 e. The molecule has 1 heterocycles. The lowest BCUT2D eigenvalue weighted by molar-refractivity contribution is -0.384. The van der Waals surface area contributed by atoms with E-state index in [2.05, 4.69) is 10.6 Å². The summed E-state index contributed by atoms with van der Waals surface area (Å²) in [5.41, 5.74) is 0.783. The van der Waals surface area contributed by atoms with Gasteiger partial charge in [-0.05, 0) is 24.9 Å². The van der Waals surface area contributed by atoms with Gasteiger partial charge in [-0.15, -0.1) is 0 Å². The molecule has 1 aliphatic heterocycles. The summed E-state index contributed by atoms with van der Waals surface area (Å²) in [6, 6.07) is 6.19. The molecule has 6 nitrogen and oxygen atoms in total. The normalized spacial score (nSPS) is 19.1. The molecule has 2 rings (SSSR count). The molecule has 0 bridgehead atoms. The highest BCUT2D eigenvalue weighted by Crippen LogP contribution is 2.13. The molecule has 1 aromatic carbocycles. The van der Waals surface area contributed by atoms with Crippen molar-refractivity contribution < 1.29 is 9.72 Å². The lowest BCUT2D eigenvalue weighted by atomic mass is 10.1. The van der Waals surface area contributed by atoms with Gasteiger partial charge >= 0.3 is 0 Å². The molecule has 1 fully saturated rings. The van der Waals surface area contributed by atoms with Gasteiger partial charge in [0.15, 0.2) is 0 Å². The predicted octanol–water partition coefficient (Wildman–Crippen LogP) is 1.74. The van der Waals surface area contributed by atoms with E-state index >= 15 is 0 Å². The SMILES string of the molecule is O=C(NCc1cccc([N+](=O)[O-])c1)C1CCCCCN1. The minimum atomic E-state index is -0.432. The number of hydrogen-bond acceptors (Lipinski definition) is 4. The van der Waals surface area contributed by atoms with Crippen molar-refractivity contribution in [1.82, 2.24) is 10.6 Å². The molecule has 0 spiro atoms. The van der Waals surface area contributed by atoms with E-state index < -0.39 is 4.92 Å². The van der Waals surface area contributed by atoms with Gasteiger partial charge in [0.25, 0.3) is 5.69 Å². The molecular formula is C14H19N3O3. The Kier molecular flexibility index (Phi) is 5.06. The first kappa shape index (κ1) is 14.5. The molecular weight excluding hydrogens is 258 g/mol. The minimum Gasteiger partial charge on any atom is -0.351 e. The number of nitrogens with one attached hydrogen (secondary N) is 2. The maximum Gasteiger partial charge on any atom is 0.269 e. The summed E-state index contributed by atoms with van der Waals surface area (Å²) in [5.74, 6) is -0.0293. The van der Waals surface area contributed by atoms with E-state index in [1.807, 2.05) is 0 Å². The topological polar surface area (TPSA) is 84.3 Å². The Balaban J connectivity index is 1.89. The summed E-state index contributed by atoms with van der Waals surface area (Å²) in [4.78, 5) is 22.3. The summed E-state index contributed by atoms with van der Waals surface area (Å²) in [6.45, 7) is 1.19. The Morgan fingerprint density at radius 1 is 1.40 bits per heavy atom. The van der Waals surface area contributed by atoms with Crippen LogP contribution in [0.1, 0.15) is 31.2 Å². The lowest BCUT2D eigenvalue weighted by Gasteiger charge is -2.15.